The Morgan fingerprint density at radius 1 is 1.03 bits per heavy atom. The highest BCUT2D eigenvalue weighted by Crippen LogP contribution is 2.22. The summed E-state index contributed by atoms with van der Waals surface area (Å²) in [7, 11) is 0. The molecule has 0 bridgehead atoms. The first-order valence-electron chi connectivity index (χ1n) is 10.7. The Hall–Kier alpha value is -4.61. The van der Waals surface area contributed by atoms with Crippen molar-refractivity contribution in [2.24, 2.45) is 0 Å². The Bertz CT molecular complexity index is 1350. The van der Waals surface area contributed by atoms with Gasteiger partial charge in [0.2, 0.25) is 5.43 Å². The van der Waals surface area contributed by atoms with Crippen LogP contribution in [0.5, 0.6) is 0 Å². The van der Waals surface area contributed by atoms with Crippen LogP contribution in [0.3, 0.4) is 0 Å². The van der Waals surface area contributed by atoms with Crippen molar-refractivity contribution >= 4 is 23.3 Å². The number of para-hydroxylation sites is 2. The molecule has 0 unspecified atom stereocenters. The van der Waals surface area contributed by atoms with Crippen molar-refractivity contribution in [3.8, 4) is 5.69 Å². The van der Waals surface area contributed by atoms with Gasteiger partial charge in [0.05, 0.1) is 4.92 Å². The number of halogens is 1. The van der Waals surface area contributed by atoms with E-state index < -0.39 is 28.1 Å². The number of amides is 3. The van der Waals surface area contributed by atoms with E-state index in [-0.39, 0.29) is 43.2 Å². The predicted octanol–water partition coefficient (Wildman–Crippen LogP) is 2.58. The number of hydrogen-bond donors (Lipinski definition) is 1. The van der Waals surface area contributed by atoms with E-state index in [9.17, 15) is 28.9 Å². The highest BCUT2D eigenvalue weighted by molar-refractivity contribution is 5.93. The molecule has 2 heterocycles. The summed E-state index contributed by atoms with van der Waals surface area (Å²) >= 11 is 0. The number of anilines is 1. The van der Waals surface area contributed by atoms with E-state index in [0.29, 0.717) is 11.4 Å². The van der Waals surface area contributed by atoms with Gasteiger partial charge in [0.25, 0.3) is 11.6 Å². The van der Waals surface area contributed by atoms with Crippen molar-refractivity contribution in [3.63, 3.8) is 0 Å². The van der Waals surface area contributed by atoms with Crippen LogP contribution in [-0.2, 0) is 0 Å². The molecule has 11 nitrogen and oxygen atoms in total. The van der Waals surface area contributed by atoms with Gasteiger partial charge in [-0.2, -0.15) is 5.10 Å². The Morgan fingerprint density at radius 3 is 2.31 bits per heavy atom. The molecule has 12 heteroatoms. The predicted molar refractivity (Wildman–Crippen MR) is 124 cm³/mol. The number of nitro benzene ring substituents is 1. The Kier molecular flexibility index (Phi) is 6.53. The molecular weight excluding hydrogens is 459 g/mol. The molecule has 0 saturated carbocycles. The summed E-state index contributed by atoms with van der Waals surface area (Å²) < 4.78 is 14.3. The van der Waals surface area contributed by atoms with Gasteiger partial charge in [0.1, 0.15) is 11.5 Å². The molecule has 4 rings (SSSR count). The molecule has 0 radical (unpaired) electrons. The molecule has 0 spiro atoms. The Labute approximate surface area is 198 Å². The number of benzene rings is 2. The molecule has 1 aliphatic rings. The average Bonchev–Trinajstić information content (AvgIpc) is 2.85. The lowest BCUT2D eigenvalue weighted by Crippen LogP contribution is -2.52. The van der Waals surface area contributed by atoms with Gasteiger partial charge in [-0.1, -0.05) is 12.1 Å². The molecule has 0 aliphatic carbocycles. The number of nitro groups is 1. The second-order valence-corrected chi connectivity index (χ2v) is 7.87. The summed E-state index contributed by atoms with van der Waals surface area (Å²) in [5.74, 6) is -1.04. The van der Waals surface area contributed by atoms with Crippen LogP contribution >= 0.6 is 0 Å². The van der Waals surface area contributed by atoms with Gasteiger partial charge >= 0.3 is 6.03 Å². The maximum Gasteiger partial charge on any atom is 0.321 e. The smallest absolute Gasteiger partial charge is 0.321 e. The van der Waals surface area contributed by atoms with Crippen molar-refractivity contribution in [2.75, 3.05) is 31.5 Å². The molecule has 35 heavy (non-hydrogen) atoms. The molecule has 1 saturated heterocycles. The van der Waals surface area contributed by atoms with E-state index >= 15 is 0 Å². The van der Waals surface area contributed by atoms with Crippen LogP contribution in [0.4, 0.5) is 20.6 Å². The van der Waals surface area contributed by atoms with Gasteiger partial charge in [-0.25, -0.2) is 13.9 Å². The number of rotatable bonds is 4. The second-order valence-electron chi connectivity index (χ2n) is 7.87. The molecule has 0 atom stereocenters. The van der Waals surface area contributed by atoms with Crippen LogP contribution in [0.1, 0.15) is 16.2 Å². The number of piperazine rings is 1. The van der Waals surface area contributed by atoms with E-state index in [1.807, 2.05) is 0 Å². The van der Waals surface area contributed by atoms with Crippen molar-refractivity contribution < 1.29 is 18.9 Å². The number of aromatic nitrogens is 2. The largest absolute Gasteiger partial charge is 0.334 e. The maximum atomic E-state index is 13.1. The van der Waals surface area contributed by atoms with Gasteiger partial charge in [-0.3, -0.25) is 19.7 Å². The molecule has 1 N–H and O–H groups in total. The van der Waals surface area contributed by atoms with E-state index in [0.717, 1.165) is 0 Å². The number of nitrogens with one attached hydrogen (secondary N) is 1. The first-order valence-corrected chi connectivity index (χ1v) is 10.7. The van der Waals surface area contributed by atoms with Gasteiger partial charge in [-0.05, 0) is 37.3 Å². The molecule has 1 fully saturated rings. The lowest BCUT2D eigenvalue weighted by atomic mass is 10.2. The zero-order valence-corrected chi connectivity index (χ0v) is 18.7. The quantitative estimate of drug-likeness (QED) is 0.451. The number of aryl methyl sites for hydroxylation is 1. The zero-order chi connectivity index (χ0) is 25.1. The molecule has 3 aromatic rings. The molecular formula is C23H21FN6O5. The van der Waals surface area contributed by atoms with Gasteiger partial charge < -0.3 is 15.1 Å². The van der Waals surface area contributed by atoms with Crippen molar-refractivity contribution in [1.82, 2.24) is 19.6 Å². The zero-order valence-electron chi connectivity index (χ0n) is 18.7. The first-order chi connectivity index (χ1) is 16.7. The SMILES string of the molecule is Cc1cc(=O)c(C(=O)N2CCN(C(=O)Nc3ccc(F)cc3)CC2)nn1-c1ccccc1[N+](=O)[O-]. The number of nitrogens with zero attached hydrogens (tertiary/aromatic N) is 5. The fraction of sp³-hybridized carbons (Fsp3) is 0.217. The highest BCUT2D eigenvalue weighted by atomic mass is 19.1. The Morgan fingerprint density at radius 2 is 1.66 bits per heavy atom. The summed E-state index contributed by atoms with van der Waals surface area (Å²) in [6.45, 7) is 2.32. The molecule has 1 aromatic heterocycles. The molecule has 3 amide bonds. The fourth-order valence-electron chi connectivity index (χ4n) is 3.74. The van der Waals surface area contributed by atoms with Gasteiger partial charge in [0.15, 0.2) is 5.69 Å². The standard InChI is InChI=1S/C23H21FN6O5/c1-15-14-20(31)21(26-29(15)18-4-2-3-5-19(18)30(34)35)22(32)27-10-12-28(13-11-27)23(33)25-17-8-6-16(24)7-9-17/h2-9,14H,10-13H2,1H3,(H,25,33). The minimum atomic E-state index is -0.624. The number of urea groups is 1. The van der Waals surface area contributed by atoms with Crippen molar-refractivity contribution in [2.45, 2.75) is 6.92 Å². The third kappa shape index (κ3) is 5.00. The summed E-state index contributed by atoms with van der Waals surface area (Å²) in [5, 5.41) is 18.3. The van der Waals surface area contributed by atoms with E-state index in [1.165, 1.54) is 63.0 Å². The van der Waals surface area contributed by atoms with Gasteiger partial charge in [0, 0.05) is 49.7 Å². The minimum Gasteiger partial charge on any atom is -0.334 e. The highest BCUT2D eigenvalue weighted by Gasteiger charge is 2.28. The van der Waals surface area contributed by atoms with E-state index in [2.05, 4.69) is 10.4 Å². The van der Waals surface area contributed by atoms with Crippen LogP contribution in [0, 0.1) is 22.9 Å². The average molecular weight is 480 g/mol. The number of carbonyl (C=O) groups excluding carboxylic acids is 2. The number of carbonyl (C=O) groups is 2. The summed E-state index contributed by atoms with van der Waals surface area (Å²) in [5.41, 5.74) is -0.272. The normalized spacial score (nSPS) is 13.4. The molecule has 180 valence electrons. The minimum absolute atomic E-state index is 0.131. The lowest BCUT2D eigenvalue weighted by molar-refractivity contribution is -0.384. The van der Waals surface area contributed by atoms with Crippen LogP contribution in [-0.4, -0.2) is 62.6 Å². The third-order valence-electron chi connectivity index (χ3n) is 5.57. The second kappa shape index (κ2) is 9.71. The molecule has 1 aliphatic heterocycles. The van der Waals surface area contributed by atoms with Gasteiger partial charge in [-0.15, -0.1) is 0 Å². The summed E-state index contributed by atoms with van der Waals surface area (Å²) in [6.07, 6.45) is 0. The summed E-state index contributed by atoms with van der Waals surface area (Å²) in [4.78, 5) is 51.9. The third-order valence-corrected chi connectivity index (χ3v) is 5.57. The Balaban J connectivity index is 1.49. The summed E-state index contributed by atoms with van der Waals surface area (Å²) in [6, 6.07) is 12.1. The topological polar surface area (TPSA) is 131 Å². The van der Waals surface area contributed by atoms with Crippen LogP contribution < -0.4 is 10.7 Å². The first kappa shape index (κ1) is 23.5. The lowest BCUT2D eigenvalue weighted by Gasteiger charge is -2.34. The monoisotopic (exact) mass is 480 g/mol. The van der Waals surface area contributed by atoms with Crippen LogP contribution in [0.15, 0.2) is 59.4 Å². The van der Waals surface area contributed by atoms with E-state index in [1.54, 1.807) is 13.0 Å². The van der Waals surface area contributed by atoms with Crippen molar-refractivity contribution in [1.29, 1.82) is 0 Å². The van der Waals surface area contributed by atoms with E-state index in [4.69, 9.17) is 0 Å². The van der Waals surface area contributed by atoms with Crippen LogP contribution in [0.25, 0.3) is 5.69 Å². The van der Waals surface area contributed by atoms with Crippen LogP contribution in [0.2, 0.25) is 0 Å². The van der Waals surface area contributed by atoms with Crippen molar-refractivity contribution in [3.05, 3.63) is 92.1 Å². The number of hydrogen-bond acceptors (Lipinski definition) is 6. The maximum absolute atomic E-state index is 13.1. The fourth-order valence-corrected chi connectivity index (χ4v) is 3.74. The molecule has 2 aromatic carbocycles.